The Morgan fingerprint density at radius 2 is 1.75 bits per heavy atom. The van der Waals surface area contributed by atoms with Gasteiger partial charge in [0.1, 0.15) is 0 Å². The van der Waals surface area contributed by atoms with E-state index >= 15 is 0 Å². The van der Waals surface area contributed by atoms with Crippen LogP contribution in [0, 0.1) is 0 Å². The van der Waals surface area contributed by atoms with E-state index in [0.717, 1.165) is 17.1 Å². The highest BCUT2D eigenvalue weighted by molar-refractivity contribution is 7.99. The number of aliphatic hydroxyl groups excluding tert-OH is 1. The molecule has 0 aliphatic rings. The second-order valence-corrected chi connectivity index (χ2v) is 6.37. The summed E-state index contributed by atoms with van der Waals surface area (Å²) >= 11 is 1.77. The molecule has 0 aliphatic carbocycles. The predicted molar refractivity (Wildman–Crippen MR) is 73.1 cm³/mol. The normalized spacial score (nSPS) is 13.8. The summed E-state index contributed by atoms with van der Waals surface area (Å²) in [5.41, 5.74) is 2.52. The number of thioether (sulfide) groups is 1. The third-order valence-electron chi connectivity index (χ3n) is 2.64. The molecule has 1 rings (SSSR count). The molecule has 1 N–H and O–H groups in total. The second kappa shape index (κ2) is 5.74. The molecule has 2 heteroatoms. The van der Waals surface area contributed by atoms with Crippen LogP contribution in [0.4, 0.5) is 0 Å². The van der Waals surface area contributed by atoms with Crippen molar-refractivity contribution >= 4 is 11.8 Å². The summed E-state index contributed by atoms with van der Waals surface area (Å²) < 4.78 is 0. The molecule has 0 heterocycles. The van der Waals surface area contributed by atoms with Crippen LogP contribution in [0.5, 0.6) is 0 Å². The molecule has 0 amide bonds. The van der Waals surface area contributed by atoms with Crippen molar-refractivity contribution in [3.8, 4) is 0 Å². The van der Waals surface area contributed by atoms with E-state index in [0.29, 0.717) is 0 Å². The lowest BCUT2D eigenvalue weighted by Crippen LogP contribution is -2.11. The molecule has 1 atom stereocenters. The smallest absolute Gasteiger partial charge is 0.0880 e. The fraction of sp³-hybridized carbons (Fsp3) is 0.571. The van der Waals surface area contributed by atoms with Gasteiger partial charge in [-0.25, -0.2) is 0 Å². The van der Waals surface area contributed by atoms with E-state index in [-0.39, 0.29) is 11.5 Å². The summed E-state index contributed by atoms with van der Waals surface area (Å²) in [6, 6.07) is 8.33. The minimum absolute atomic E-state index is 0.182. The molecule has 90 valence electrons. The van der Waals surface area contributed by atoms with Crippen LogP contribution >= 0.6 is 11.8 Å². The Morgan fingerprint density at radius 1 is 1.19 bits per heavy atom. The van der Waals surface area contributed by atoms with Crippen LogP contribution in [0.25, 0.3) is 0 Å². The number of aliphatic hydroxyl groups is 1. The van der Waals surface area contributed by atoms with Crippen molar-refractivity contribution in [2.75, 3.05) is 11.5 Å². The summed E-state index contributed by atoms with van der Waals surface area (Å²) in [6.07, 6.45) is -0.334. The van der Waals surface area contributed by atoms with Gasteiger partial charge in [0.05, 0.1) is 6.10 Å². The number of hydrogen-bond donors (Lipinski definition) is 1. The van der Waals surface area contributed by atoms with Gasteiger partial charge in [0, 0.05) is 5.75 Å². The van der Waals surface area contributed by atoms with Crippen molar-refractivity contribution < 1.29 is 5.11 Å². The standard InChI is InChI=1S/C14H22OS/c1-5-16-10-13(15)11-6-8-12(9-7-11)14(2,3)4/h6-9,13,15H,5,10H2,1-4H3. The average molecular weight is 238 g/mol. The molecule has 0 fully saturated rings. The Kier molecular flexibility index (Phi) is 4.88. The SMILES string of the molecule is CCSCC(O)c1ccc(C(C)(C)C)cc1. The van der Waals surface area contributed by atoms with Gasteiger partial charge in [0.25, 0.3) is 0 Å². The van der Waals surface area contributed by atoms with E-state index < -0.39 is 0 Å². The van der Waals surface area contributed by atoms with Crippen molar-refractivity contribution in [1.82, 2.24) is 0 Å². The van der Waals surface area contributed by atoms with Gasteiger partial charge in [-0.1, -0.05) is 52.0 Å². The zero-order chi connectivity index (χ0) is 12.2. The maximum atomic E-state index is 9.92. The van der Waals surface area contributed by atoms with Gasteiger partial charge in [-0.2, -0.15) is 11.8 Å². The van der Waals surface area contributed by atoms with Crippen LogP contribution < -0.4 is 0 Å². The van der Waals surface area contributed by atoms with Crippen LogP contribution in [0.2, 0.25) is 0 Å². The lowest BCUT2D eigenvalue weighted by molar-refractivity contribution is 0.204. The Hall–Kier alpha value is -0.470. The molecule has 0 spiro atoms. The molecule has 1 nitrogen and oxygen atoms in total. The first kappa shape index (κ1) is 13.6. The Morgan fingerprint density at radius 3 is 2.19 bits per heavy atom. The quantitative estimate of drug-likeness (QED) is 0.861. The van der Waals surface area contributed by atoms with Crippen LogP contribution in [-0.2, 0) is 5.41 Å². The number of benzene rings is 1. The maximum absolute atomic E-state index is 9.92. The van der Waals surface area contributed by atoms with Crippen LogP contribution in [0.3, 0.4) is 0 Å². The van der Waals surface area contributed by atoms with E-state index in [1.807, 2.05) is 12.1 Å². The van der Waals surface area contributed by atoms with Crippen LogP contribution in [0.15, 0.2) is 24.3 Å². The molecule has 0 aliphatic heterocycles. The van der Waals surface area contributed by atoms with E-state index in [9.17, 15) is 5.11 Å². The second-order valence-electron chi connectivity index (χ2n) is 5.05. The molecule has 0 aromatic heterocycles. The highest BCUT2D eigenvalue weighted by Crippen LogP contribution is 2.25. The fourth-order valence-corrected chi connectivity index (χ4v) is 2.18. The van der Waals surface area contributed by atoms with Crippen molar-refractivity contribution in [2.24, 2.45) is 0 Å². The van der Waals surface area contributed by atoms with Crippen molar-refractivity contribution in [3.63, 3.8) is 0 Å². The van der Waals surface area contributed by atoms with E-state index in [4.69, 9.17) is 0 Å². The third kappa shape index (κ3) is 3.84. The van der Waals surface area contributed by atoms with E-state index in [1.54, 1.807) is 11.8 Å². The first-order valence-corrected chi connectivity index (χ1v) is 6.97. The molecule has 0 radical (unpaired) electrons. The van der Waals surface area contributed by atoms with Crippen molar-refractivity contribution in [1.29, 1.82) is 0 Å². The summed E-state index contributed by atoms with van der Waals surface area (Å²) in [4.78, 5) is 0. The summed E-state index contributed by atoms with van der Waals surface area (Å²) in [7, 11) is 0. The minimum Gasteiger partial charge on any atom is -0.388 e. The Labute approximate surface area is 103 Å². The molecule has 0 bridgehead atoms. The van der Waals surface area contributed by atoms with Crippen LogP contribution in [-0.4, -0.2) is 16.6 Å². The summed E-state index contributed by atoms with van der Waals surface area (Å²) in [5, 5.41) is 9.92. The highest BCUT2D eigenvalue weighted by Gasteiger charge is 2.14. The molecule has 1 aromatic carbocycles. The highest BCUT2D eigenvalue weighted by atomic mass is 32.2. The average Bonchev–Trinajstić information content (AvgIpc) is 2.25. The molecular weight excluding hydrogens is 216 g/mol. The van der Waals surface area contributed by atoms with Crippen molar-refractivity contribution in [3.05, 3.63) is 35.4 Å². The molecule has 1 unspecified atom stereocenters. The molecule has 1 aromatic rings. The Bertz CT molecular complexity index is 311. The zero-order valence-electron chi connectivity index (χ0n) is 10.7. The first-order valence-electron chi connectivity index (χ1n) is 5.81. The van der Waals surface area contributed by atoms with E-state index in [2.05, 4.69) is 39.8 Å². The van der Waals surface area contributed by atoms with Gasteiger partial charge in [0.2, 0.25) is 0 Å². The fourth-order valence-electron chi connectivity index (χ4n) is 1.53. The van der Waals surface area contributed by atoms with Gasteiger partial charge in [-0.05, 0) is 22.3 Å². The van der Waals surface area contributed by atoms with Gasteiger partial charge >= 0.3 is 0 Å². The third-order valence-corrected chi connectivity index (χ3v) is 3.60. The van der Waals surface area contributed by atoms with E-state index in [1.165, 1.54) is 5.56 Å². The van der Waals surface area contributed by atoms with Crippen molar-refractivity contribution in [2.45, 2.75) is 39.2 Å². The monoisotopic (exact) mass is 238 g/mol. The zero-order valence-corrected chi connectivity index (χ0v) is 11.5. The molecule has 0 saturated heterocycles. The molecule has 0 saturated carbocycles. The molecular formula is C14H22OS. The molecule has 16 heavy (non-hydrogen) atoms. The largest absolute Gasteiger partial charge is 0.388 e. The number of rotatable bonds is 4. The lowest BCUT2D eigenvalue weighted by Gasteiger charge is -2.20. The minimum atomic E-state index is -0.334. The number of hydrogen-bond acceptors (Lipinski definition) is 2. The predicted octanol–water partition coefficient (Wildman–Crippen LogP) is 3.77. The van der Waals surface area contributed by atoms with Gasteiger partial charge in [-0.15, -0.1) is 0 Å². The topological polar surface area (TPSA) is 20.2 Å². The Balaban J connectivity index is 2.71. The van der Waals surface area contributed by atoms with Gasteiger partial charge in [-0.3, -0.25) is 0 Å². The maximum Gasteiger partial charge on any atom is 0.0880 e. The summed E-state index contributed by atoms with van der Waals surface area (Å²) in [5.74, 6) is 1.84. The lowest BCUT2D eigenvalue weighted by atomic mass is 9.86. The first-order chi connectivity index (χ1) is 7.45. The van der Waals surface area contributed by atoms with Gasteiger partial charge < -0.3 is 5.11 Å². The van der Waals surface area contributed by atoms with Gasteiger partial charge in [0.15, 0.2) is 0 Å². The summed E-state index contributed by atoms with van der Waals surface area (Å²) in [6.45, 7) is 8.71. The van der Waals surface area contributed by atoms with Crippen LogP contribution in [0.1, 0.15) is 44.9 Å².